The molecule has 21 heavy (non-hydrogen) atoms. The third-order valence-corrected chi connectivity index (χ3v) is 3.68. The van der Waals surface area contributed by atoms with E-state index in [0.29, 0.717) is 12.8 Å². The number of benzene rings is 1. The molecule has 6 nitrogen and oxygen atoms in total. The van der Waals surface area contributed by atoms with Crippen molar-refractivity contribution in [1.82, 2.24) is 5.32 Å². The molecule has 1 aliphatic carbocycles. The Morgan fingerprint density at radius 3 is 2.57 bits per heavy atom. The summed E-state index contributed by atoms with van der Waals surface area (Å²) >= 11 is 0. The molecule has 2 rings (SSSR count). The van der Waals surface area contributed by atoms with E-state index in [4.69, 9.17) is 9.84 Å². The normalized spacial score (nSPS) is 25.1. The molecule has 1 amide bonds. The number of carboxylic acids is 1. The third kappa shape index (κ3) is 4.46. The number of ether oxygens (including phenoxy) is 1. The van der Waals surface area contributed by atoms with Crippen LogP contribution in [0.15, 0.2) is 30.3 Å². The van der Waals surface area contributed by atoms with E-state index in [1.54, 1.807) is 0 Å². The number of amides is 1. The van der Waals surface area contributed by atoms with E-state index in [2.05, 4.69) is 5.32 Å². The quantitative estimate of drug-likeness (QED) is 0.782. The minimum atomic E-state index is -0.904. The zero-order valence-corrected chi connectivity index (χ0v) is 11.6. The summed E-state index contributed by atoms with van der Waals surface area (Å²) in [6.07, 6.45) is -0.436. The molecule has 0 radical (unpaired) electrons. The maximum Gasteiger partial charge on any atom is 0.407 e. The molecule has 0 aromatic heterocycles. The van der Waals surface area contributed by atoms with Crippen molar-refractivity contribution >= 4 is 12.1 Å². The molecule has 1 fully saturated rings. The molecule has 0 bridgehead atoms. The van der Waals surface area contributed by atoms with E-state index in [1.807, 2.05) is 30.3 Å². The number of carbonyl (C=O) groups excluding carboxylic acids is 1. The van der Waals surface area contributed by atoms with Gasteiger partial charge in [-0.15, -0.1) is 0 Å². The summed E-state index contributed by atoms with van der Waals surface area (Å²) in [5.74, 6) is -1.45. The molecule has 3 atom stereocenters. The molecule has 0 heterocycles. The van der Waals surface area contributed by atoms with Crippen LogP contribution in [0, 0.1) is 5.92 Å². The third-order valence-electron chi connectivity index (χ3n) is 3.68. The first-order chi connectivity index (χ1) is 10.1. The number of aliphatic hydroxyl groups excluding tert-OH is 1. The lowest BCUT2D eigenvalue weighted by atomic mass is 9.84. The van der Waals surface area contributed by atoms with Crippen molar-refractivity contribution in [3.8, 4) is 0 Å². The predicted molar refractivity (Wildman–Crippen MR) is 74.5 cm³/mol. The summed E-state index contributed by atoms with van der Waals surface area (Å²) in [5, 5.41) is 21.4. The fourth-order valence-corrected chi connectivity index (χ4v) is 2.46. The lowest BCUT2D eigenvalue weighted by Gasteiger charge is -2.31. The molecule has 0 saturated heterocycles. The van der Waals surface area contributed by atoms with Gasteiger partial charge in [-0.3, -0.25) is 4.79 Å². The first kappa shape index (κ1) is 15.3. The van der Waals surface area contributed by atoms with Crippen LogP contribution in [0.25, 0.3) is 0 Å². The molecule has 0 aliphatic heterocycles. The largest absolute Gasteiger partial charge is 0.481 e. The van der Waals surface area contributed by atoms with Gasteiger partial charge in [-0.1, -0.05) is 30.3 Å². The molecule has 114 valence electrons. The maximum absolute atomic E-state index is 11.7. The molecule has 1 aromatic carbocycles. The van der Waals surface area contributed by atoms with Crippen molar-refractivity contribution in [2.24, 2.45) is 5.92 Å². The van der Waals surface area contributed by atoms with E-state index in [9.17, 15) is 14.7 Å². The minimum Gasteiger partial charge on any atom is -0.481 e. The standard InChI is InChI=1S/C15H19NO5/c17-13-8-11(14(18)19)6-7-12(13)16-15(20)21-9-10-4-2-1-3-5-10/h1-5,11-13,17H,6-9H2,(H,16,20)(H,18,19)/t11-,12+,13+/m0/s1. The summed E-state index contributed by atoms with van der Waals surface area (Å²) in [4.78, 5) is 22.5. The van der Waals surface area contributed by atoms with Crippen molar-refractivity contribution in [3.63, 3.8) is 0 Å². The minimum absolute atomic E-state index is 0.152. The fourth-order valence-electron chi connectivity index (χ4n) is 2.46. The Kier molecular flexibility index (Phi) is 5.16. The first-order valence-corrected chi connectivity index (χ1v) is 6.94. The van der Waals surface area contributed by atoms with E-state index < -0.39 is 30.1 Å². The van der Waals surface area contributed by atoms with E-state index in [1.165, 1.54) is 0 Å². The van der Waals surface area contributed by atoms with Crippen molar-refractivity contribution in [2.45, 2.75) is 38.0 Å². The Morgan fingerprint density at radius 1 is 1.24 bits per heavy atom. The van der Waals surface area contributed by atoms with Crippen LogP contribution in [-0.4, -0.2) is 34.4 Å². The summed E-state index contributed by atoms with van der Waals surface area (Å²) in [6.45, 7) is 0.160. The van der Waals surface area contributed by atoms with Crippen molar-refractivity contribution in [3.05, 3.63) is 35.9 Å². The van der Waals surface area contributed by atoms with E-state index in [0.717, 1.165) is 5.56 Å². The molecule has 1 saturated carbocycles. The molecule has 0 spiro atoms. The Hall–Kier alpha value is -2.08. The Balaban J connectivity index is 1.77. The first-order valence-electron chi connectivity index (χ1n) is 6.94. The average molecular weight is 293 g/mol. The Bertz CT molecular complexity index is 490. The number of aliphatic carboxylic acids is 1. The van der Waals surface area contributed by atoms with Gasteiger partial charge >= 0.3 is 12.1 Å². The number of alkyl carbamates (subject to hydrolysis) is 1. The molecular weight excluding hydrogens is 274 g/mol. The number of carbonyl (C=O) groups is 2. The number of carboxylic acid groups (broad SMARTS) is 1. The molecule has 1 aliphatic rings. The van der Waals surface area contributed by atoms with Gasteiger partial charge in [-0.2, -0.15) is 0 Å². The van der Waals surface area contributed by atoms with Gasteiger partial charge in [0, 0.05) is 0 Å². The number of rotatable bonds is 4. The maximum atomic E-state index is 11.7. The second-order valence-electron chi connectivity index (χ2n) is 5.23. The van der Waals surface area contributed by atoms with Crippen molar-refractivity contribution in [2.75, 3.05) is 0 Å². The van der Waals surface area contributed by atoms with E-state index in [-0.39, 0.29) is 13.0 Å². The fraction of sp³-hybridized carbons (Fsp3) is 0.467. The van der Waals surface area contributed by atoms with Crippen LogP contribution in [0.5, 0.6) is 0 Å². The molecule has 1 aromatic rings. The highest BCUT2D eigenvalue weighted by atomic mass is 16.5. The van der Waals surface area contributed by atoms with Gasteiger partial charge in [0.05, 0.1) is 18.1 Å². The smallest absolute Gasteiger partial charge is 0.407 e. The van der Waals surface area contributed by atoms with Gasteiger partial charge in [0.1, 0.15) is 6.61 Å². The Morgan fingerprint density at radius 2 is 1.95 bits per heavy atom. The highest BCUT2D eigenvalue weighted by Gasteiger charge is 2.33. The van der Waals surface area contributed by atoms with Crippen LogP contribution in [0.2, 0.25) is 0 Å². The van der Waals surface area contributed by atoms with Crippen LogP contribution >= 0.6 is 0 Å². The number of hydrogen-bond acceptors (Lipinski definition) is 4. The lowest BCUT2D eigenvalue weighted by Crippen LogP contribution is -2.47. The average Bonchev–Trinajstić information content (AvgIpc) is 2.48. The number of aliphatic hydroxyl groups is 1. The van der Waals surface area contributed by atoms with Crippen LogP contribution in [0.4, 0.5) is 4.79 Å². The summed E-state index contributed by atoms with van der Waals surface area (Å²) < 4.78 is 5.08. The summed E-state index contributed by atoms with van der Waals surface area (Å²) in [5.41, 5.74) is 0.878. The Labute approximate surface area is 122 Å². The van der Waals surface area contributed by atoms with Crippen LogP contribution < -0.4 is 5.32 Å². The molecule has 6 heteroatoms. The summed E-state index contributed by atoms with van der Waals surface area (Å²) in [7, 11) is 0. The number of nitrogens with one attached hydrogen (secondary N) is 1. The van der Waals surface area contributed by atoms with Crippen molar-refractivity contribution < 1.29 is 24.5 Å². The van der Waals surface area contributed by atoms with Gasteiger partial charge in [0.15, 0.2) is 0 Å². The van der Waals surface area contributed by atoms with E-state index >= 15 is 0 Å². The van der Waals surface area contributed by atoms with Crippen molar-refractivity contribution in [1.29, 1.82) is 0 Å². The summed E-state index contributed by atoms with van der Waals surface area (Å²) in [6, 6.07) is 8.83. The highest BCUT2D eigenvalue weighted by molar-refractivity contribution is 5.70. The molecule has 3 N–H and O–H groups in total. The van der Waals surface area contributed by atoms with Gasteiger partial charge in [0.25, 0.3) is 0 Å². The zero-order chi connectivity index (χ0) is 15.2. The van der Waals surface area contributed by atoms with Crippen LogP contribution in [-0.2, 0) is 16.1 Å². The van der Waals surface area contributed by atoms with Crippen LogP contribution in [0.1, 0.15) is 24.8 Å². The van der Waals surface area contributed by atoms with Gasteiger partial charge in [-0.25, -0.2) is 4.79 Å². The monoisotopic (exact) mass is 293 g/mol. The molecular formula is C15H19NO5. The van der Waals surface area contributed by atoms with Gasteiger partial charge in [-0.05, 0) is 24.8 Å². The van der Waals surface area contributed by atoms with Crippen LogP contribution in [0.3, 0.4) is 0 Å². The SMILES string of the molecule is O=C(N[C@@H]1CC[C@H](C(=O)O)C[C@H]1O)OCc1ccccc1. The predicted octanol–water partition coefficient (Wildman–Crippen LogP) is 1.53. The lowest BCUT2D eigenvalue weighted by molar-refractivity contribution is -0.144. The van der Waals surface area contributed by atoms with Gasteiger partial charge in [0.2, 0.25) is 0 Å². The zero-order valence-electron chi connectivity index (χ0n) is 11.6. The second-order valence-corrected chi connectivity index (χ2v) is 5.23. The second kappa shape index (κ2) is 7.08. The molecule has 0 unspecified atom stereocenters. The van der Waals surface area contributed by atoms with Gasteiger partial charge < -0.3 is 20.3 Å². The topological polar surface area (TPSA) is 95.9 Å². The number of hydrogen-bond donors (Lipinski definition) is 3. The highest BCUT2D eigenvalue weighted by Crippen LogP contribution is 2.25.